The smallest absolute Gasteiger partial charge is 0.318 e. The molecule has 0 spiro atoms. The summed E-state index contributed by atoms with van der Waals surface area (Å²) in [6.07, 6.45) is 1.64. The number of unbranched alkanes of at least 4 members (excludes halogenated alkanes) is 2. The zero-order valence-corrected chi connectivity index (χ0v) is 25.4. The molecule has 1 aromatic heterocycles. The minimum Gasteiger partial charge on any atom is -0.434 e. The number of carbonyl (C=O) groups is 3. The fourth-order valence-corrected chi connectivity index (χ4v) is 5.82. The van der Waals surface area contributed by atoms with Gasteiger partial charge in [0.2, 0.25) is 11.7 Å². The number of aromatic nitrogens is 1. The van der Waals surface area contributed by atoms with Gasteiger partial charge in [-0.25, -0.2) is 18.2 Å². The number of ether oxygens (including phenoxy) is 2. The molecule has 0 bridgehead atoms. The van der Waals surface area contributed by atoms with Crippen molar-refractivity contribution < 1.29 is 36.7 Å². The molecule has 3 aromatic rings. The van der Waals surface area contributed by atoms with Crippen molar-refractivity contribution in [1.29, 1.82) is 0 Å². The Morgan fingerprint density at radius 2 is 1.60 bits per heavy atom. The lowest BCUT2D eigenvalue weighted by Gasteiger charge is -2.26. The maximum Gasteiger partial charge on any atom is 0.318 e. The van der Waals surface area contributed by atoms with Crippen LogP contribution in [0.3, 0.4) is 0 Å². The predicted molar refractivity (Wildman–Crippen MR) is 161 cm³/mol. The molecule has 0 aliphatic heterocycles. The van der Waals surface area contributed by atoms with E-state index in [0.29, 0.717) is 42.5 Å². The van der Waals surface area contributed by atoms with Crippen LogP contribution in [0.2, 0.25) is 0 Å². The average molecular weight is 617 g/mol. The first-order valence-corrected chi connectivity index (χ1v) is 15.9. The van der Waals surface area contributed by atoms with Crippen LogP contribution in [0.25, 0.3) is 11.1 Å². The third kappa shape index (κ3) is 11.1. The lowest BCUT2D eigenvalue weighted by atomic mass is 10.1. The lowest BCUT2D eigenvalue weighted by Crippen LogP contribution is -2.51. The number of methoxy groups -OCH3 is 2. The average Bonchev–Trinajstić information content (AvgIpc) is 3.43. The van der Waals surface area contributed by atoms with Crippen LogP contribution in [-0.2, 0) is 29.9 Å². The fourth-order valence-electron chi connectivity index (χ4n) is 4.28. The van der Waals surface area contributed by atoms with Gasteiger partial charge in [0.1, 0.15) is 10.9 Å². The molecule has 2 N–H and O–H groups in total. The molecular weight excluding hydrogens is 576 g/mol. The van der Waals surface area contributed by atoms with Crippen molar-refractivity contribution in [3.8, 4) is 0 Å². The van der Waals surface area contributed by atoms with E-state index in [4.69, 9.17) is 13.9 Å². The van der Waals surface area contributed by atoms with E-state index in [1.54, 1.807) is 42.5 Å². The molecule has 0 fully saturated rings. The number of oxazole rings is 1. The van der Waals surface area contributed by atoms with Crippen LogP contribution in [0.15, 0.2) is 59.0 Å². The maximum atomic E-state index is 13.4. The van der Waals surface area contributed by atoms with Crippen LogP contribution in [0, 0.1) is 0 Å². The normalized spacial score (nSPS) is 12.1. The Morgan fingerprint density at radius 3 is 2.28 bits per heavy atom. The number of hydrogen-bond acceptors (Lipinski definition) is 9. The van der Waals surface area contributed by atoms with E-state index in [0.717, 1.165) is 0 Å². The third-order valence-corrected chi connectivity index (χ3v) is 8.54. The van der Waals surface area contributed by atoms with Crippen molar-refractivity contribution in [1.82, 2.24) is 20.5 Å². The van der Waals surface area contributed by atoms with Gasteiger partial charge in [-0.3, -0.25) is 9.59 Å². The Balaban J connectivity index is 1.52. The fraction of sp³-hybridized carbons (Fsp3) is 0.467. The summed E-state index contributed by atoms with van der Waals surface area (Å²) in [5, 5.41) is 3.84. The van der Waals surface area contributed by atoms with Gasteiger partial charge >= 0.3 is 6.03 Å². The number of benzene rings is 2. The second-order valence-electron chi connectivity index (χ2n) is 9.98. The highest BCUT2D eigenvalue weighted by Crippen LogP contribution is 2.17. The molecule has 3 amide bonds. The van der Waals surface area contributed by atoms with Crippen molar-refractivity contribution in [3.63, 3.8) is 0 Å². The topological polar surface area (TPSA) is 157 Å². The largest absolute Gasteiger partial charge is 0.434 e. The Hall–Kier alpha value is -3.81. The molecule has 0 radical (unpaired) electrons. The summed E-state index contributed by atoms with van der Waals surface area (Å²) in [6, 6.07) is 15.1. The van der Waals surface area contributed by atoms with E-state index in [1.807, 2.05) is 12.1 Å². The van der Waals surface area contributed by atoms with Gasteiger partial charge in [-0.1, -0.05) is 48.9 Å². The molecule has 0 saturated heterocycles. The van der Waals surface area contributed by atoms with Gasteiger partial charge in [-0.2, -0.15) is 0 Å². The quantitative estimate of drug-likeness (QED) is 0.152. The molecule has 13 heteroatoms. The number of amides is 3. The molecule has 1 atom stereocenters. The van der Waals surface area contributed by atoms with E-state index >= 15 is 0 Å². The molecule has 0 saturated carbocycles. The summed E-state index contributed by atoms with van der Waals surface area (Å²) in [7, 11) is -0.960. The minimum atomic E-state index is -3.96. The number of sulfone groups is 1. The number of fused-ring (bicyclic) bond motifs is 1. The first-order valence-electron chi connectivity index (χ1n) is 14.2. The summed E-state index contributed by atoms with van der Waals surface area (Å²) in [6.45, 7) is 1.23. The molecule has 1 heterocycles. The third-order valence-electron chi connectivity index (χ3n) is 6.65. The zero-order chi connectivity index (χ0) is 31.1. The van der Waals surface area contributed by atoms with Crippen molar-refractivity contribution in [2.45, 2.75) is 43.2 Å². The second kappa shape index (κ2) is 17.3. The van der Waals surface area contributed by atoms with E-state index in [1.165, 1.54) is 19.1 Å². The molecule has 1 unspecified atom stereocenters. The molecule has 12 nitrogen and oxygen atoms in total. The highest BCUT2D eigenvalue weighted by atomic mass is 32.2. The number of ketones is 1. The van der Waals surface area contributed by atoms with Gasteiger partial charge in [0.15, 0.2) is 15.4 Å². The first kappa shape index (κ1) is 33.7. The van der Waals surface area contributed by atoms with E-state index < -0.39 is 33.6 Å². The molecule has 0 aliphatic rings. The van der Waals surface area contributed by atoms with Gasteiger partial charge in [0, 0.05) is 40.3 Å². The molecular formula is C30H40N4O8S. The molecule has 2 aromatic carbocycles. The SMILES string of the molecule is COCCN(CCOC)C(=O)NC(CC(=O)NCCCCCC(=O)c1nc2ccccc2o1)S(=O)(=O)Cc1ccccc1. The molecule has 234 valence electrons. The van der Waals surface area contributed by atoms with Crippen molar-refractivity contribution in [2.24, 2.45) is 0 Å². The maximum absolute atomic E-state index is 13.4. The van der Waals surface area contributed by atoms with Gasteiger partial charge in [-0.15, -0.1) is 0 Å². The second-order valence-corrected chi connectivity index (χ2v) is 12.2. The highest BCUT2D eigenvalue weighted by molar-refractivity contribution is 7.91. The summed E-state index contributed by atoms with van der Waals surface area (Å²) >= 11 is 0. The van der Waals surface area contributed by atoms with Crippen LogP contribution in [0.4, 0.5) is 4.79 Å². The highest BCUT2D eigenvalue weighted by Gasteiger charge is 2.31. The Bertz CT molecular complexity index is 1390. The standard InChI is InChI=1S/C30H40N4O8S/c1-40-19-17-34(18-20-41-2)30(37)33-28(43(38,39)22-23-11-5-3-6-12-23)21-27(36)31-16-10-4-7-14-25(35)29-32-24-13-8-9-15-26(24)42-29/h3,5-6,8-9,11-13,15,28H,4,7,10,14,16-22H2,1-2H3,(H,31,36)(H,33,37). The number of hydrogen-bond donors (Lipinski definition) is 2. The van der Waals surface area contributed by atoms with Crippen LogP contribution >= 0.6 is 0 Å². The molecule has 43 heavy (non-hydrogen) atoms. The predicted octanol–water partition coefficient (Wildman–Crippen LogP) is 3.32. The van der Waals surface area contributed by atoms with Gasteiger partial charge < -0.3 is 29.4 Å². The van der Waals surface area contributed by atoms with Crippen LogP contribution < -0.4 is 10.6 Å². The van der Waals surface area contributed by atoms with Gasteiger partial charge in [0.05, 0.1) is 25.4 Å². The number of rotatable bonds is 19. The zero-order valence-electron chi connectivity index (χ0n) is 24.6. The lowest BCUT2D eigenvalue weighted by molar-refractivity contribution is -0.121. The number of nitrogens with zero attached hydrogens (tertiary/aromatic N) is 2. The van der Waals surface area contributed by atoms with E-state index in [-0.39, 0.29) is 50.2 Å². The Morgan fingerprint density at radius 1 is 0.930 bits per heavy atom. The first-order chi connectivity index (χ1) is 20.7. The van der Waals surface area contributed by atoms with Crippen molar-refractivity contribution in [2.75, 3.05) is 47.1 Å². The van der Waals surface area contributed by atoms with Gasteiger partial charge in [0.25, 0.3) is 5.89 Å². The minimum absolute atomic E-state index is 0.0855. The van der Waals surface area contributed by atoms with Crippen molar-refractivity contribution in [3.05, 3.63) is 66.1 Å². The molecule has 3 rings (SSSR count). The van der Waals surface area contributed by atoms with Gasteiger partial charge in [-0.05, 0) is 30.5 Å². The van der Waals surface area contributed by atoms with Crippen LogP contribution in [-0.4, -0.2) is 88.5 Å². The monoisotopic (exact) mass is 616 g/mol. The van der Waals surface area contributed by atoms with Crippen LogP contribution in [0.5, 0.6) is 0 Å². The summed E-state index contributed by atoms with van der Waals surface area (Å²) in [5.74, 6) is -0.948. The van der Waals surface area contributed by atoms with E-state index in [2.05, 4.69) is 15.6 Å². The summed E-state index contributed by atoms with van der Waals surface area (Å²) in [5.41, 5.74) is 1.74. The van der Waals surface area contributed by atoms with Crippen LogP contribution in [0.1, 0.15) is 48.4 Å². The Labute approximate surface area is 252 Å². The summed E-state index contributed by atoms with van der Waals surface area (Å²) < 4.78 is 42.4. The number of carbonyl (C=O) groups excluding carboxylic acids is 3. The number of urea groups is 1. The number of para-hydroxylation sites is 2. The van der Waals surface area contributed by atoms with E-state index in [9.17, 15) is 22.8 Å². The number of nitrogens with one attached hydrogen (secondary N) is 2. The summed E-state index contributed by atoms with van der Waals surface area (Å²) in [4.78, 5) is 43.9. The van der Waals surface area contributed by atoms with Crippen molar-refractivity contribution >= 4 is 38.7 Å². The molecule has 0 aliphatic carbocycles. The Kier molecular flexibility index (Phi) is 13.6. The number of Topliss-reactive ketones (excluding diaryl/α,β-unsaturated/α-hetero) is 1.